The molecule has 9 heteroatoms. The van der Waals surface area contributed by atoms with Crippen molar-refractivity contribution in [3.8, 4) is 0 Å². The largest absolute Gasteiger partial charge is 0.444 e. The maximum atomic E-state index is 13.0. The SMILES string of the molecule is CC[C@H](C)[C@H](NC(=O)[C@H](Cc1ccc(N)nc1)NC(=O)OC(C)(C)C)C(=O)NC. The van der Waals surface area contributed by atoms with Crippen LogP contribution in [0.4, 0.5) is 10.6 Å². The third-order valence-electron chi connectivity index (χ3n) is 4.33. The molecule has 0 aliphatic carbocycles. The molecular weight excluding hydrogens is 374 g/mol. The van der Waals surface area contributed by atoms with Crippen LogP contribution in [0.3, 0.4) is 0 Å². The number of hydrogen-bond donors (Lipinski definition) is 4. The van der Waals surface area contributed by atoms with Crippen LogP contribution in [0.15, 0.2) is 18.3 Å². The van der Waals surface area contributed by atoms with Crippen LogP contribution >= 0.6 is 0 Å². The first-order valence-corrected chi connectivity index (χ1v) is 9.68. The van der Waals surface area contributed by atoms with Gasteiger partial charge in [0.1, 0.15) is 23.5 Å². The highest BCUT2D eigenvalue weighted by Gasteiger charge is 2.30. The molecule has 0 bridgehead atoms. The molecule has 0 saturated carbocycles. The van der Waals surface area contributed by atoms with Gasteiger partial charge in [-0.2, -0.15) is 0 Å². The maximum absolute atomic E-state index is 13.0. The number of rotatable bonds is 8. The number of likely N-dealkylation sites (N-methyl/N-ethyl adjacent to an activating group) is 1. The van der Waals surface area contributed by atoms with Crippen LogP contribution in [-0.2, 0) is 20.7 Å². The van der Waals surface area contributed by atoms with Crippen LogP contribution in [0, 0.1) is 5.92 Å². The van der Waals surface area contributed by atoms with Gasteiger partial charge in [-0.1, -0.05) is 26.3 Å². The summed E-state index contributed by atoms with van der Waals surface area (Å²) in [4.78, 5) is 41.4. The normalized spacial score (nSPS) is 14.3. The van der Waals surface area contributed by atoms with Gasteiger partial charge in [0.2, 0.25) is 11.8 Å². The molecule has 1 aromatic heterocycles. The molecule has 0 radical (unpaired) electrons. The lowest BCUT2D eigenvalue weighted by Crippen LogP contribution is -2.56. The first kappa shape index (κ1) is 24.2. The van der Waals surface area contributed by atoms with Crippen molar-refractivity contribution in [3.05, 3.63) is 23.9 Å². The van der Waals surface area contributed by atoms with Gasteiger partial charge < -0.3 is 26.4 Å². The fraction of sp³-hybridized carbons (Fsp3) is 0.600. The standard InChI is InChI=1S/C20H33N5O4/c1-7-12(2)16(18(27)22-6)25-17(26)14(24-19(28)29-20(3,4)5)10-13-8-9-15(21)23-11-13/h8-9,11-12,14,16H,7,10H2,1-6H3,(H2,21,23)(H,22,27)(H,24,28)(H,25,26)/t12-,14-,16-/m0/s1. The Morgan fingerprint density at radius 3 is 2.31 bits per heavy atom. The molecule has 0 spiro atoms. The second-order valence-electron chi connectivity index (χ2n) is 7.98. The fourth-order valence-corrected chi connectivity index (χ4v) is 2.56. The highest BCUT2D eigenvalue weighted by molar-refractivity contribution is 5.91. The average Bonchev–Trinajstić information content (AvgIpc) is 2.64. The van der Waals surface area contributed by atoms with E-state index in [-0.39, 0.29) is 18.2 Å². The van der Waals surface area contributed by atoms with Gasteiger partial charge in [-0.05, 0) is 38.3 Å². The van der Waals surface area contributed by atoms with Gasteiger partial charge in [-0.15, -0.1) is 0 Å². The molecule has 3 atom stereocenters. The van der Waals surface area contributed by atoms with E-state index < -0.39 is 29.7 Å². The Balaban J connectivity index is 3.03. The van der Waals surface area contributed by atoms with Gasteiger partial charge in [0, 0.05) is 19.7 Å². The number of nitrogen functional groups attached to an aromatic ring is 1. The van der Waals surface area contributed by atoms with Crippen LogP contribution in [0.2, 0.25) is 0 Å². The zero-order valence-electron chi connectivity index (χ0n) is 18.0. The van der Waals surface area contributed by atoms with E-state index in [1.165, 1.54) is 13.2 Å². The predicted octanol–water partition coefficient (Wildman–Crippen LogP) is 1.38. The van der Waals surface area contributed by atoms with Crippen LogP contribution in [0.25, 0.3) is 0 Å². The molecule has 5 N–H and O–H groups in total. The molecular formula is C20H33N5O4. The molecule has 1 aromatic rings. The number of alkyl carbamates (subject to hydrolysis) is 1. The van der Waals surface area contributed by atoms with Gasteiger partial charge in [0.25, 0.3) is 0 Å². The summed E-state index contributed by atoms with van der Waals surface area (Å²) in [6.07, 6.45) is 1.68. The van der Waals surface area contributed by atoms with Crippen LogP contribution in [-0.4, -0.2) is 47.6 Å². The van der Waals surface area contributed by atoms with Crippen molar-refractivity contribution in [2.45, 2.75) is 65.1 Å². The number of nitrogens with one attached hydrogen (secondary N) is 3. The van der Waals surface area contributed by atoms with Crippen LogP contribution < -0.4 is 21.7 Å². The summed E-state index contributed by atoms with van der Waals surface area (Å²) in [7, 11) is 1.51. The van der Waals surface area contributed by atoms with Crippen molar-refractivity contribution in [3.63, 3.8) is 0 Å². The van der Waals surface area contributed by atoms with Crippen molar-refractivity contribution >= 4 is 23.7 Å². The molecule has 0 saturated heterocycles. The molecule has 162 valence electrons. The lowest BCUT2D eigenvalue weighted by atomic mass is 9.97. The number of aromatic nitrogens is 1. The zero-order chi connectivity index (χ0) is 22.2. The highest BCUT2D eigenvalue weighted by Crippen LogP contribution is 2.11. The Labute approximate surface area is 172 Å². The van der Waals surface area contributed by atoms with E-state index in [1.807, 2.05) is 13.8 Å². The molecule has 9 nitrogen and oxygen atoms in total. The van der Waals surface area contributed by atoms with Crippen LogP contribution in [0.5, 0.6) is 0 Å². The average molecular weight is 408 g/mol. The lowest BCUT2D eigenvalue weighted by Gasteiger charge is -2.27. The highest BCUT2D eigenvalue weighted by atomic mass is 16.6. The molecule has 1 rings (SSSR count). The Kier molecular flexibility index (Phi) is 8.87. The number of hydrogen-bond acceptors (Lipinski definition) is 6. The number of pyridine rings is 1. The summed E-state index contributed by atoms with van der Waals surface area (Å²) in [6.45, 7) is 9.01. The summed E-state index contributed by atoms with van der Waals surface area (Å²) < 4.78 is 5.27. The molecule has 0 fully saturated rings. The molecule has 3 amide bonds. The Morgan fingerprint density at radius 2 is 1.83 bits per heavy atom. The van der Waals surface area contributed by atoms with E-state index in [9.17, 15) is 14.4 Å². The zero-order valence-corrected chi connectivity index (χ0v) is 18.0. The third kappa shape index (κ3) is 8.37. The number of carbonyl (C=O) groups excluding carboxylic acids is 3. The van der Waals surface area contributed by atoms with Crippen molar-refractivity contribution in [1.82, 2.24) is 20.9 Å². The molecule has 1 heterocycles. The molecule has 29 heavy (non-hydrogen) atoms. The molecule has 0 aliphatic rings. The summed E-state index contributed by atoms with van der Waals surface area (Å²) in [5.74, 6) is -0.509. The number of anilines is 1. The topological polar surface area (TPSA) is 135 Å². The number of amides is 3. The molecule has 0 aromatic carbocycles. The summed E-state index contributed by atoms with van der Waals surface area (Å²) >= 11 is 0. The van der Waals surface area contributed by atoms with Crippen molar-refractivity contribution < 1.29 is 19.1 Å². The first-order valence-electron chi connectivity index (χ1n) is 9.68. The van der Waals surface area contributed by atoms with Gasteiger partial charge in [-0.25, -0.2) is 9.78 Å². The number of nitrogens with two attached hydrogens (primary N) is 1. The first-order chi connectivity index (χ1) is 13.5. The summed E-state index contributed by atoms with van der Waals surface area (Å²) in [5, 5.41) is 7.91. The Bertz CT molecular complexity index is 700. The smallest absolute Gasteiger partial charge is 0.408 e. The van der Waals surface area contributed by atoms with Crippen LogP contribution in [0.1, 0.15) is 46.6 Å². The van der Waals surface area contributed by atoms with E-state index in [0.29, 0.717) is 17.8 Å². The van der Waals surface area contributed by atoms with Crippen molar-refractivity contribution in [2.75, 3.05) is 12.8 Å². The van der Waals surface area contributed by atoms with E-state index in [1.54, 1.807) is 32.9 Å². The quantitative estimate of drug-likeness (QED) is 0.514. The minimum Gasteiger partial charge on any atom is -0.444 e. The maximum Gasteiger partial charge on any atom is 0.408 e. The number of carbonyl (C=O) groups is 3. The van der Waals surface area contributed by atoms with Gasteiger partial charge in [0.05, 0.1) is 0 Å². The summed E-state index contributed by atoms with van der Waals surface area (Å²) in [5.41, 5.74) is 5.60. The predicted molar refractivity (Wildman–Crippen MR) is 111 cm³/mol. The minimum absolute atomic E-state index is 0.0840. The van der Waals surface area contributed by atoms with Gasteiger partial charge in [-0.3, -0.25) is 9.59 Å². The van der Waals surface area contributed by atoms with Crippen molar-refractivity contribution in [2.24, 2.45) is 5.92 Å². The molecule has 0 aliphatic heterocycles. The number of nitrogens with zero attached hydrogens (tertiary/aromatic N) is 1. The van der Waals surface area contributed by atoms with Crippen molar-refractivity contribution in [1.29, 1.82) is 0 Å². The number of ether oxygens (including phenoxy) is 1. The van der Waals surface area contributed by atoms with E-state index in [0.717, 1.165) is 0 Å². The second kappa shape index (κ2) is 10.6. The monoisotopic (exact) mass is 407 g/mol. The van der Waals surface area contributed by atoms with Gasteiger partial charge >= 0.3 is 6.09 Å². The summed E-state index contributed by atoms with van der Waals surface area (Å²) in [6, 6.07) is 1.67. The Morgan fingerprint density at radius 1 is 1.17 bits per heavy atom. The Hall–Kier alpha value is -2.84. The van der Waals surface area contributed by atoms with E-state index in [4.69, 9.17) is 10.5 Å². The fourth-order valence-electron chi connectivity index (χ4n) is 2.56. The van der Waals surface area contributed by atoms with Gasteiger partial charge in [0.15, 0.2) is 0 Å². The van der Waals surface area contributed by atoms with E-state index in [2.05, 4.69) is 20.9 Å². The third-order valence-corrected chi connectivity index (χ3v) is 4.33. The lowest BCUT2D eigenvalue weighted by molar-refractivity contribution is -0.131. The minimum atomic E-state index is -0.952. The second-order valence-corrected chi connectivity index (χ2v) is 7.98. The van der Waals surface area contributed by atoms with E-state index >= 15 is 0 Å². The molecule has 0 unspecified atom stereocenters.